The van der Waals surface area contributed by atoms with Gasteiger partial charge >= 0.3 is 0 Å². The van der Waals surface area contributed by atoms with E-state index in [4.69, 9.17) is 10.5 Å². The molecule has 0 bridgehead atoms. The van der Waals surface area contributed by atoms with Crippen molar-refractivity contribution in [1.82, 2.24) is 4.98 Å². The Balaban J connectivity index is 1.99. The first-order valence-corrected chi connectivity index (χ1v) is 5.72. The molecule has 1 fully saturated rings. The maximum atomic E-state index is 11.8. The lowest BCUT2D eigenvalue weighted by atomic mass is 10.0. The molecule has 1 aliphatic rings. The largest absolute Gasteiger partial charge is 0.379 e. The summed E-state index contributed by atoms with van der Waals surface area (Å²) in [5.41, 5.74) is 5.74. The second-order valence-electron chi connectivity index (χ2n) is 3.66. The van der Waals surface area contributed by atoms with Crippen molar-refractivity contribution in [3.63, 3.8) is 0 Å². The van der Waals surface area contributed by atoms with Gasteiger partial charge in [0.15, 0.2) is 0 Å². The number of carbonyl (C=O) groups is 1. The number of pyridine rings is 1. The predicted octanol–water partition coefficient (Wildman–Crippen LogP) is 0.756. The Morgan fingerprint density at radius 3 is 2.94 bits per heavy atom. The number of nitrogens with two attached hydrogens (primary N) is 1. The number of hydrogen-bond donors (Lipinski definition) is 2. The highest BCUT2D eigenvalue weighted by Crippen LogP contribution is 2.15. The van der Waals surface area contributed by atoms with Gasteiger partial charge in [0, 0.05) is 16.7 Å². The Morgan fingerprint density at radius 1 is 1.56 bits per heavy atom. The van der Waals surface area contributed by atoms with Gasteiger partial charge in [-0.15, -0.1) is 0 Å². The third kappa shape index (κ3) is 2.58. The summed E-state index contributed by atoms with van der Waals surface area (Å²) in [6.07, 6.45) is 1.63. The molecule has 16 heavy (non-hydrogen) atoms. The van der Waals surface area contributed by atoms with Gasteiger partial charge in [-0.05, 0) is 28.1 Å². The van der Waals surface area contributed by atoms with Gasteiger partial charge in [0.25, 0.3) is 0 Å². The average Bonchev–Trinajstić information content (AvgIpc) is 2.68. The van der Waals surface area contributed by atoms with Crippen LogP contribution in [0.25, 0.3) is 0 Å². The van der Waals surface area contributed by atoms with E-state index in [1.165, 1.54) is 0 Å². The van der Waals surface area contributed by atoms with Gasteiger partial charge in [-0.25, -0.2) is 4.98 Å². The van der Waals surface area contributed by atoms with Crippen molar-refractivity contribution in [2.24, 2.45) is 11.7 Å². The average molecular weight is 286 g/mol. The number of amides is 1. The molecule has 2 unspecified atom stereocenters. The third-order valence-electron chi connectivity index (χ3n) is 2.44. The van der Waals surface area contributed by atoms with Gasteiger partial charge < -0.3 is 15.8 Å². The summed E-state index contributed by atoms with van der Waals surface area (Å²) in [5, 5.41) is 2.71. The summed E-state index contributed by atoms with van der Waals surface area (Å²) in [4.78, 5) is 15.8. The van der Waals surface area contributed by atoms with Crippen LogP contribution in [0.4, 0.5) is 5.82 Å². The van der Waals surface area contributed by atoms with Crippen LogP contribution in [0.1, 0.15) is 0 Å². The van der Waals surface area contributed by atoms with Crippen LogP contribution in [0.2, 0.25) is 0 Å². The van der Waals surface area contributed by atoms with E-state index >= 15 is 0 Å². The molecule has 0 radical (unpaired) electrons. The van der Waals surface area contributed by atoms with E-state index in [1.807, 2.05) is 6.07 Å². The van der Waals surface area contributed by atoms with Gasteiger partial charge in [-0.3, -0.25) is 4.79 Å². The van der Waals surface area contributed by atoms with Crippen LogP contribution in [-0.4, -0.2) is 30.1 Å². The third-order valence-corrected chi connectivity index (χ3v) is 2.91. The zero-order valence-electron chi connectivity index (χ0n) is 8.52. The first kappa shape index (κ1) is 11.5. The molecule has 0 saturated carbocycles. The van der Waals surface area contributed by atoms with E-state index < -0.39 is 0 Å². The van der Waals surface area contributed by atoms with E-state index in [0.29, 0.717) is 19.0 Å². The second kappa shape index (κ2) is 4.90. The van der Waals surface area contributed by atoms with Crippen molar-refractivity contribution < 1.29 is 9.53 Å². The standard InChI is InChI=1S/C10H12BrN3O2/c11-6-1-2-9(13-3-6)14-10(15)7-4-16-5-8(7)12/h1-3,7-8H,4-5,12H2,(H,13,14,15). The van der Waals surface area contributed by atoms with Crippen molar-refractivity contribution >= 4 is 27.7 Å². The molecule has 5 nitrogen and oxygen atoms in total. The molecular formula is C10H12BrN3O2. The number of rotatable bonds is 2. The van der Waals surface area contributed by atoms with Crippen LogP contribution in [-0.2, 0) is 9.53 Å². The maximum Gasteiger partial charge on any atom is 0.232 e. The first-order valence-electron chi connectivity index (χ1n) is 4.92. The number of ether oxygens (including phenoxy) is 1. The Labute approximate surface area is 102 Å². The van der Waals surface area contributed by atoms with Crippen LogP contribution in [0.3, 0.4) is 0 Å². The Morgan fingerprint density at radius 2 is 2.38 bits per heavy atom. The van der Waals surface area contributed by atoms with E-state index in [1.54, 1.807) is 12.3 Å². The number of halogens is 1. The summed E-state index contributed by atoms with van der Waals surface area (Å²) in [6.45, 7) is 0.815. The SMILES string of the molecule is NC1COCC1C(=O)Nc1ccc(Br)cn1. The topological polar surface area (TPSA) is 77.2 Å². The molecule has 3 N–H and O–H groups in total. The van der Waals surface area contributed by atoms with Crippen LogP contribution in [0.5, 0.6) is 0 Å². The van der Waals surface area contributed by atoms with Crippen molar-refractivity contribution in [3.05, 3.63) is 22.8 Å². The summed E-state index contributed by atoms with van der Waals surface area (Å²) in [7, 11) is 0. The maximum absolute atomic E-state index is 11.8. The van der Waals surface area contributed by atoms with E-state index in [2.05, 4.69) is 26.2 Å². The molecule has 2 rings (SSSR count). The van der Waals surface area contributed by atoms with Crippen molar-refractivity contribution in [2.75, 3.05) is 18.5 Å². The fourth-order valence-electron chi connectivity index (χ4n) is 1.51. The minimum absolute atomic E-state index is 0.139. The molecule has 2 heterocycles. The Bertz CT molecular complexity index is 382. The zero-order chi connectivity index (χ0) is 11.5. The van der Waals surface area contributed by atoms with Crippen LogP contribution >= 0.6 is 15.9 Å². The van der Waals surface area contributed by atoms with E-state index in [-0.39, 0.29) is 17.9 Å². The molecule has 86 valence electrons. The van der Waals surface area contributed by atoms with E-state index in [0.717, 1.165) is 4.47 Å². The summed E-state index contributed by atoms with van der Waals surface area (Å²) in [5.74, 6) is 0.0950. The number of nitrogens with zero attached hydrogens (tertiary/aromatic N) is 1. The molecule has 1 aliphatic heterocycles. The van der Waals surface area contributed by atoms with Crippen molar-refractivity contribution in [3.8, 4) is 0 Å². The normalized spacial score (nSPS) is 24.4. The summed E-state index contributed by atoms with van der Waals surface area (Å²) < 4.78 is 6.00. The number of carbonyl (C=O) groups excluding carboxylic acids is 1. The van der Waals surface area contributed by atoms with Crippen molar-refractivity contribution in [2.45, 2.75) is 6.04 Å². The number of hydrogen-bond acceptors (Lipinski definition) is 4. The fourth-order valence-corrected chi connectivity index (χ4v) is 1.74. The molecule has 0 aliphatic carbocycles. The molecule has 2 atom stereocenters. The summed E-state index contributed by atoms with van der Waals surface area (Å²) in [6, 6.07) is 3.31. The first-order chi connectivity index (χ1) is 7.66. The minimum Gasteiger partial charge on any atom is -0.379 e. The minimum atomic E-state index is -0.287. The van der Waals surface area contributed by atoms with Gasteiger partial charge in [0.2, 0.25) is 5.91 Å². The van der Waals surface area contributed by atoms with Gasteiger partial charge in [-0.1, -0.05) is 0 Å². The van der Waals surface area contributed by atoms with Gasteiger partial charge in [0.1, 0.15) is 5.82 Å². The quantitative estimate of drug-likeness (QED) is 0.841. The monoisotopic (exact) mass is 285 g/mol. The molecule has 1 aromatic heterocycles. The molecule has 1 amide bonds. The molecule has 1 saturated heterocycles. The number of anilines is 1. The lowest BCUT2D eigenvalue weighted by Gasteiger charge is -2.12. The highest BCUT2D eigenvalue weighted by molar-refractivity contribution is 9.10. The van der Waals surface area contributed by atoms with Gasteiger partial charge in [0.05, 0.1) is 19.1 Å². The fraction of sp³-hybridized carbons (Fsp3) is 0.400. The van der Waals surface area contributed by atoms with Gasteiger partial charge in [-0.2, -0.15) is 0 Å². The lowest BCUT2D eigenvalue weighted by Crippen LogP contribution is -2.37. The predicted molar refractivity (Wildman–Crippen MR) is 62.9 cm³/mol. The van der Waals surface area contributed by atoms with Crippen LogP contribution in [0, 0.1) is 5.92 Å². The smallest absolute Gasteiger partial charge is 0.232 e. The number of nitrogens with one attached hydrogen (secondary N) is 1. The lowest BCUT2D eigenvalue weighted by molar-refractivity contribution is -0.120. The Kier molecular flexibility index (Phi) is 3.52. The highest BCUT2D eigenvalue weighted by atomic mass is 79.9. The molecular weight excluding hydrogens is 274 g/mol. The van der Waals surface area contributed by atoms with Crippen LogP contribution < -0.4 is 11.1 Å². The second-order valence-corrected chi connectivity index (χ2v) is 4.57. The highest BCUT2D eigenvalue weighted by Gasteiger charge is 2.31. The van der Waals surface area contributed by atoms with E-state index in [9.17, 15) is 4.79 Å². The molecule has 1 aromatic rings. The Hall–Kier alpha value is -0.980. The number of aromatic nitrogens is 1. The molecule has 0 aromatic carbocycles. The molecule has 6 heteroatoms. The summed E-state index contributed by atoms with van der Waals surface area (Å²) >= 11 is 3.27. The van der Waals surface area contributed by atoms with Crippen LogP contribution in [0.15, 0.2) is 22.8 Å². The molecule has 0 spiro atoms. The zero-order valence-corrected chi connectivity index (χ0v) is 10.1. The van der Waals surface area contributed by atoms with Crippen molar-refractivity contribution in [1.29, 1.82) is 0 Å².